The van der Waals surface area contributed by atoms with E-state index in [1.807, 2.05) is 0 Å². The molecule has 13 heteroatoms. The van der Waals surface area contributed by atoms with Gasteiger partial charge in [-0.1, -0.05) is 12.1 Å². The number of anilines is 1. The van der Waals surface area contributed by atoms with Crippen molar-refractivity contribution in [2.45, 2.75) is 13.8 Å². The van der Waals surface area contributed by atoms with E-state index in [4.69, 9.17) is 0 Å². The molecule has 2 heterocycles. The zero-order valence-corrected chi connectivity index (χ0v) is 17.3. The molecule has 0 saturated heterocycles. The average molecular weight is 450 g/mol. The maximum Gasteiger partial charge on any atom is 0.294 e. The van der Waals surface area contributed by atoms with E-state index in [9.17, 15) is 24.1 Å². The molecule has 1 amide bonds. The summed E-state index contributed by atoms with van der Waals surface area (Å²) in [5, 5.41) is 28.8. The van der Waals surface area contributed by atoms with Gasteiger partial charge in [-0.3, -0.25) is 19.7 Å². The van der Waals surface area contributed by atoms with Crippen LogP contribution in [0.5, 0.6) is 0 Å². The summed E-state index contributed by atoms with van der Waals surface area (Å²) < 4.78 is 16.8. The zero-order valence-electron chi connectivity index (χ0n) is 17.3. The second kappa shape index (κ2) is 8.37. The van der Waals surface area contributed by atoms with Crippen molar-refractivity contribution in [3.05, 3.63) is 91.9 Å². The molecule has 0 fully saturated rings. The Balaban J connectivity index is 1.74. The maximum atomic E-state index is 14.4. The van der Waals surface area contributed by atoms with Gasteiger partial charge in [0.2, 0.25) is 5.43 Å². The highest BCUT2D eigenvalue weighted by atomic mass is 19.1. The first-order chi connectivity index (χ1) is 15.8. The first-order valence-corrected chi connectivity index (χ1v) is 9.47. The van der Waals surface area contributed by atoms with Crippen molar-refractivity contribution < 1.29 is 14.1 Å². The summed E-state index contributed by atoms with van der Waals surface area (Å²) in [6.07, 6.45) is 0. The Labute approximate surface area is 184 Å². The van der Waals surface area contributed by atoms with E-state index < -0.39 is 27.8 Å². The predicted octanol–water partition coefficient (Wildman–Crippen LogP) is 2.12. The number of nitro groups is 1. The average Bonchev–Trinajstić information content (AvgIpc) is 3.21. The monoisotopic (exact) mass is 450 g/mol. The van der Waals surface area contributed by atoms with Gasteiger partial charge in [0.15, 0.2) is 11.5 Å². The standard InChI is InChI=1S/C20H15FN8O4/c1-11-9-18(30)19(24-27(11)16-5-3-4-6-17(16)29(32)33)20(31)22-15-10-13(7-8-14(15)21)28-12(2)23-25-26-28/h3-10H,1-2H3,(H,22,31). The van der Waals surface area contributed by atoms with Crippen LogP contribution in [-0.4, -0.2) is 40.8 Å². The molecule has 166 valence electrons. The number of tetrazole rings is 1. The second-order valence-corrected chi connectivity index (χ2v) is 6.91. The Bertz CT molecular complexity index is 1460. The third kappa shape index (κ3) is 4.06. The molecule has 0 saturated carbocycles. The number of aryl methyl sites for hydroxylation is 2. The normalized spacial score (nSPS) is 10.8. The Hall–Kier alpha value is -4.81. The minimum Gasteiger partial charge on any atom is -0.318 e. The highest BCUT2D eigenvalue weighted by molar-refractivity contribution is 6.02. The van der Waals surface area contributed by atoms with Gasteiger partial charge in [0.25, 0.3) is 11.6 Å². The molecule has 0 bridgehead atoms. The number of hydrogen-bond donors (Lipinski definition) is 1. The van der Waals surface area contributed by atoms with Crippen LogP contribution in [0.4, 0.5) is 15.8 Å². The first-order valence-electron chi connectivity index (χ1n) is 9.47. The van der Waals surface area contributed by atoms with E-state index in [0.717, 1.165) is 16.8 Å². The fourth-order valence-corrected chi connectivity index (χ4v) is 3.14. The Morgan fingerprint density at radius 3 is 2.58 bits per heavy atom. The molecular weight excluding hydrogens is 435 g/mol. The lowest BCUT2D eigenvalue weighted by molar-refractivity contribution is -0.384. The number of carbonyl (C=O) groups excluding carboxylic acids is 1. The molecule has 0 aliphatic heterocycles. The lowest BCUT2D eigenvalue weighted by Gasteiger charge is -2.12. The number of carbonyl (C=O) groups is 1. The molecule has 33 heavy (non-hydrogen) atoms. The van der Waals surface area contributed by atoms with Crippen LogP contribution in [0.25, 0.3) is 11.4 Å². The highest BCUT2D eigenvalue weighted by Gasteiger charge is 2.21. The number of amides is 1. The summed E-state index contributed by atoms with van der Waals surface area (Å²) in [6.45, 7) is 3.16. The molecule has 0 aliphatic rings. The zero-order chi connectivity index (χ0) is 23.7. The van der Waals surface area contributed by atoms with Crippen LogP contribution in [0.15, 0.2) is 53.3 Å². The van der Waals surface area contributed by atoms with E-state index in [1.165, 1.54) is 41.9 Å². The number of hydrogen-bond acceptors (Lipinski definition) is 8. The van der Waals surface area contributed by atoms with Crippen LogP contribution < -0.4 is 10.7 Å². The summed E-state index contributed by atoms with van der Waals surface area (Å²) in [6, 6.07) is 10.7. The van der Waals surface area contributed by atoms with Crippen LogP contribution in [0, 0.1) is 29.8 Å². The number of rotatable bonds is 5. The number of nitro benzene ring substituents is 1. The van der Waals surface area contributed by atoms with Crippen molar-refractivity contribution in [3.8, 4) is 11.4 Å². The summed E-state index contributed by atoms with van der Waals surface area (Å²) in [4.78, 5) is 36.1. The largest absolute Gasteiger partial charge is 0.318 e. The third-order valence-electron chi connectivity index (χ3n) is 4.70. The topological polar surface area (TPSA) is 151 Å². The van der Waals surface area contributed by atoms with Gasteiger partial charge in [0.1, 0.15) is 11.5 Å². The maximum absolute atomic E-state index is 14.4. The lowest BCUT2D eigenvalue weighted by atomic mass is 10.2. The minimum atomic E-state index is -0.989. The van der Waals surface area contributed by atoms with E-state index in [0.29, 0.717) is 11.5 Å². The molecule has 2 aromatic heterocycles. The van der Waals surface area contributed by atoms with Crippen LogP contribution in [-0.2, 0) is 0 Å². The Morgan fingerprint density at radius 2 is 1.88 bits per heavy atom. The fourth-order valence-electron chi connectivity index (χ4n) is 3.14. The fraction of sp³-hybridized carbons (Fsp3) is 0.100. The number of nitrogens with one attached hydrogen (secondary N) is 1. The number of para-hydroxylation sites is 2. The predicted molar refractivity (Wildman–Crippen MR) is 113 cm³/mol. The molecule has 0 unspecified atom stereocenters. The molecule has 4 rings (SSSR count). The Kier molecular flexibility index (Phi) is 5.44. The quantitative estimate of drug-likeness (QED) is 0.359. The van der Waals surface area contributed by atoms with Crippen molar-refractivity contribution in [1.29, 1.82) is 0 Å². The van der Waals surface area contributed by atoms with E-state index in [2.05, 4.69) is 25.9 Å². The van der Waals surface area contributed by atoms with Gasteiger partial charge in [-0.05, 0) is 48.5 Å². The summed E-state index contributed by atoms with van der Waals surface area (Å²) >= 11 is 0. The molecule has 0 spiro atoms. The second-order valence-electron chi connectivity index (χ2n) is 6.91. The van der Waals surface area contributed by atoms with Gasteiger partial charge in [-0.2, -0.15) is 9.78 Å². The van der Waals surface area contributed by atoms with Crippen LogP contribution >= 0.6 is 0 Å². The van der Waals surface area contributed by atoms with Crippen molar-refractivity contribution in [1.82, 2.24) is 30.0 Å². The number of aromatic nitrogens is 6. The highest BCUT2D eigenvalue weighted by Crippen LogP contribution is 2.23. The molecule has 1 N–H and O–H groups in total. The number of benzene rings is 2. The number of halogens is 1. The molecule has 0 aliphatic carbocycles. The summed E-state index contributed by atoms with van der Waals surface area (Å²) in [7, 11) is 0. The van der Waals surface area contributed by atoms with E-state index >= 15 is 0 Å². The van der Waals surface area contributed by atoms with E-state index in [-0.39, 0.29) is 22.8 Å². The van der Waals surface area contributed by atoms with Crippen molar-refractivity contribution >= 4 is 17.3 Å². The smallest absolute Gasteiger partial charge is 0.294 e. The number of nitrogens with zero attached hydrogens (tertiary/aromatic N) is 7. The van der Waals surface area contributed by atoms with Crippen molar-refractivity contribution in [2.75, 3.05) is 5.32 Å². The molecular formula is C20H15FN8O4. The van der Waals surface area contributed by atoms with Gasteiger partial charge in [-0.25, -0.2) is 9.07 Å². The van der Waals surface area contributed by atoms with Gasteiger partial charge in [-0.15, -0.1) is 5.10 Å². The molecule has 12 nitrogen and oxygen atoms in total. The van der Waals surface area contributed by atoms with Crippen molar-refractivity contribution in [3.63, 3.8) is 0 Å². The Morgan fingerprint density at radius 1 is 1.12 bits per heavy atom. The lowest BCUT2D eigenvalue weighted by Crippen LogP contribution is -2.27. The van der Waals surface area contributed by atoms with Gasteiger partial charge < -0.3 is 5.32 Å². The van der Waals surface area contributed by atoms with Gasteiger partial charge in [0, 0.05) is 17.8 Å². The molecule has 2 aromatic carbocycles. The minimum absolute atomic E-state index is 0.0661. The summed E-state index contributed by atoms with van der Waals surface area (Å²) in [5.74, 6) is -1.31. The molecule has 0 radical (unpaired) electrons. The SMILES string of the molecule is Cc1cc(=O)c(C(=O)Nc2cc(-n3nnnc3C)ccc2F)nn1-c1ccccc1[N+](=O)[O-]. The van der Waals surface area contributed by atoms with E-state index in [1.54, 1.807) is 13.0 Å². The van der Waals surface area contributed by atoms with Gasteiger partial charge in [0.05, 0.1) is 16.3 Å². The molecule has 0 atom stereocenters. The third-order valence-corrected chi connectivity index (χ3v) is 4.70. The van der Waals surface area contributed by atoms with Crippen molar-refractivity contribution in [2.24, 2.45) is 0 Å². The summed E-state index contributed by atoms with van der Waals surface area (Å²) in [5.41, 5.74) is -1.08. The van der Waals surface area contributed by atoms with Gasteiger partial charge >= 0.3 is 0 Å². The van der Waals surface area contributed by atoms with Crippen LogP contribution in [0.3, 0.4) is 0 Å². The van der Waals surface area contributed by atoms with Crippen LogP contribution in [0.1, 0.15) is 22.0 Å². The molecule has 4 aromatic rings. The van der Waals surface area contributed by atoms with Crippen LogP contribution in [0.2, 0.25) is 0 Å². The first kappa shape index (κ1) is 21.4.